The van der Waals surface area contributed by atoms with Crippen LogP contribution in [0.1, 0.15) is 13.3 Å². The van der Waals surface area contributed by atoms with Crippen molar-refractivity contribution in [2.24, 2.45) is 11.1 Å². The molecule has 86 valence electrons. The molecule has 1 aromatic rings. The highest BCUT2D eigenvalue weighted by Gasteiger charge is 2.40. The van der Waals surface area contributed by atoms with E-state index in [0.29, 0.717) is 19.5 Å². The first-order valence-corrected chi connectivity index (χ1v) is 5.10. The lowest BCUT2D eigenvalue weighted by Crippen LogP contribution is -2.39. The molecule has 1 aliphatic rings. The van der Waals surface area contributed by atoms with Gasteiger partial charge in [0.2, 0.25) is 5.91 Å². The van der Waals surface area contributed by atoms with Gasteiger partial charge in [-0.05, 0) is 13.3 Å². The lowest BCUT2D eigenvalue weighted by molar-refractivity contribution is -0.126. The van der Waals surface area contributed by atoms with Gasteiger partial charge in [-0.15, -0.1) is 0 Å². The number of amides is 2. The average Bonchev–Trinajstić information content (AvgIpc) is 2.85. The number of imidazole rings is 1. The number of hydrogen-bond donors (Lipinski definition) is 1. The molecule has 1 saturated heterocycles. The first-order valence-electron chi connectivity index (χ1n) is 5.10. The van der Waals surface area contributed by atoms with Crippen LogP contribution in [-0.4, -0.2) is 39.5 Å². The summed E-state index contributed by atoms with van der Waals surface area (Å²) in [4.78, 5) is 28.6. The van der Waals surface area contributed by atoms with Crippen molar-refractivity contribution in [1.29, 1.82) is 0 Å². The zero-order chi connectivity index (χ0) is 11.8. The van der Waals surface area contributed by atoms with Crippen LogP contribution in [0, 0.1) is 5.41 Å². The van der Waals surface area contributed by atoms with E-state index in [1.807, 2.05) is 0 Å². The van der Waals surface area contributed by atoms with Gasteiger partial charge in [0.25, 0.3) is 0 Å². The molecular formula is C10H14N4O2. The first-order chi connectivity index (χ1) is 7.53. The minimum absolute atomic E-state index is 0.164. The largest absolute Gasteiger partial charge is 0.369 e. The van der Waals surface area contributed by atoms with Crippen LogP contribution >= 0.6 is 0 Å². The summed E-state index contributed by atoms with van der Waals surface area (Å²) in [5.41, 5.74) is 4.72. The second kappa shape index (κ2) is 3.62. The van der Waals surface area contributed by atoms with Gasteiger partial charge in [-0.3, -0.25) is 9.36 Å². The van der Waals surface area contributed by atoms with Crippen LogP contribution in [0.25, 0.3) is 0 Å². The molecule has 1 unspecified atom stereocenters. The van der Waals surface area contributed by atoms with E-state index in [4.69, 9.17) is 5.73 Å². The Morgan fingerprint density at radius 3 is 2.75 bits per heavy atom. The Morgan fingerprint density at radius 1 is 1.50 bits per heavy atom. The molecule has 1 fully saturated rings. The molecule has 1 atom stereocenters. The van der Waals surface area contributed by atoms with Crippen molar-refractivity contribution in [3.05, 3.63) is 18.7 Å². The first kappa shape index (κ1) is 10.7. The van der Waals surface area contributed by atoms with Gasteiger partial charge in [0.05, 0.1) is 5.41 Å². The SMILES string of the molecule is CC1(C(N)=O)CCN(C(=O)n2ccnc2)C1. The van der Waals surface area contributed by atoms with E-state index in [2.05, 4.69) is 4.98 Å². The van der Waals surface area contributed by atoms with E-state index in [9.17, 15) is 9.59 Å². The molecule has 6 nitrogen and oxygen atoms in total. The second-order valence-corrected chi connectivity index (χ2v) is 4.35. The number of likely N-dealkylation sites (tertiary alicyclic amines) is 1. The number of nitrogens with two attached hydrogens (primary N) is 1. The van der Waals surface area contributed by atoms with E-state index < -0.39 is 5.41 Å². The van der Waals surface area contributed by atoms with E-state index in [0.717, 1.165) is 0 Å². The Labute approximate surface area is 93.0 Å². The van der Waals surface area contributed by atoms with E-state index in [1.54, 1.807) is 24.2 Å². The molecule has 0 spiro atoms. The van der Waals surface area contributed by atoms with E-state index in [1.165, 1.54) is 10.9 Å². The third-order valence-corrected chi connectivity index (χ3v) is 3.06. The van der Waals surface area contributed by atoms with Gasteiger partial charge in [0, 0.05) is 25.5 Å². The molecule has 1 aromatic heterocycles. The maximum absolute atomic E-state index is 11.9. The molecule has 1 aliphatic heterocycles. The number of nitrogens with zero attached hydrogens (tertiary/aromatic N) is 3. The number of hydrogen-bond acceptors (Lipinski definition) is 3. The van der Waals surface area contributed by atoms with E-state index in [-0.39, 0.29) is 11.9 Å². The van der Waals surface area contributed by atoms with Gasteiger partial charge in [-0.2, -0.15) is 0 Å². The Morgan fingerprint density at radius 2 is 2.25 bits per heavy atom. The van der Waals surface area contributed by atoms with Crippen LogP contribution in [0.2, 0.25) is 0 Å². The average molecular weight is 222 g/mol. The van der Waals surface area contributed by atoms with Crippen molar-refractivity contribution in [3.8, 4) is 0 Å². The zero-order valence-corrected chi connectivity index (χ0v) is 9.09. The summed E-state index contributed by atoms with van der Waals surface area (Å²) in [6.07, 6.45) is 5.19. The lowest BCUT2D eigenvalue weighted by Gasteiger charge is -2.20. The summed E-state index contributed by atoms with van der Waals surface area (Å²) >= 11 is 0. The van der Waals surface area contributed by atoms with Gasteiger partial charge < -0.3 is 10.6 Å². The normalized spacial score (nSPS) is 24.7. The summed E-state index contributed by atoms with van der Waals surface area (Å²) < 4.78 is 1.40. The highest BCUT2D eigenvalue weighted by molar-refractivity contribution is 5.83. The zero-order valence-electron chi connectivity index (χ0n) is 9.09. The van der Waals surface area contributed by atoms with Crippen molar-refractivity contribution in [2.75, 3.05) is 13.1 Å². The summed E-state index contributed by atoms with van der Waals surface area (Å²) in [7, 11) is 0. The summed E-state index contributed by atoms with van der Waals surface area (Å²) in [5.74, 6) is -0.353. The van der Waals surface area contributed by atoms with Gasteiger partial charge in [-0.1, -0.05) is 0 Å². The fourth-order valence-electron chi connectivity index (χ4n) is 1.86. The van der Waals surface area contributed by atoms with E-state index >= 15 is 0 Å². The van der Waals surface area contributed by atoms with Gasteiger partial charge in [0.1, 0.15) is 6.33 Å². The molecule has 2 amide bonds. The van der Waals surface area contributed by atoms with Crippen molar-refractivity contribution >= 4 is 11.9 Å². The van der Waals surface area contributed by atoms with Crippen LogP contribution in [0.15, 0.2) is 18.7 Å². The predicted octanol–water partition coefficient (Wildman–Crippen LogP) is 0.0485. The minimum atomic E-state index is -0.601. The molecular weight excluding hydrogens is 208 g/mol. The molecule has 2 rings (SSSR count). The van der Waals surface area contributed by atoms with Crippen molar-refractivity contribution < 1.29 is 9.59 Å². The van der Waals surface area contributed by atoms with Crippen LogP contribution in [0.5, 0.6) is 0 Å². The molecule has 0 saturated carbocycles. The standard InChI is InChI=1S/C10H14N4O2/c1-10(8(11)15)2-4-13(6-10)9(16)14-5-3-12-7-14/h3,5,7H,2,4,6H2,1H3,(H2,11,15). The van der Waals surface area contributed by atoms with Crippen molar-refractivity contribution in [2.45, 2.75) is 13.3 Å². The molecule has 16 heavy (non-hydrogen) atoms. The minimum Gasteiger partial charge on any atom is -0.369 e. The second-order valence-electron chi connectivity index (χ2n) is 4.35. The molecule has 0 radical (unpaired) electrons. The molecule has 0 aromatic carbocycles. The Hall–Kier alpha value is -1.85. The topological polar surface area (TPSA) is 81.2 Å². The summed E-state index contributed by atoms with van der Waals surface area (Å²) in [5, 5.41) is 0. The third kappa shape index (κ3) is 1.66. The molecule has 6 heteroatoms. The monoisotopic (exact) mass is 222 g/mol. The maximum atomic E-state index is 11.9. The fraction of sp³-hybridized carbons (Fsp3) is 0.500. The lowest BCUT2D eigenvalue weighted by atomic mass is 9.89. The van der Waals surface area contributed by atoms with Gasteiger partial charge in [0.15, 0.2) is 0 Å². The third-order valence-electron chi connectivity index (χ3n) is 3.06. The predicted molar refractivity (Wildman–Crippen MR) is 56.5 cm³/mol. The van der Waals surface area contributed by atoms with Crippen LogP contribution in [-0.2, 0) is 4.79 Å². The van der Waals surface area contributed by atoms with Gasteiger partial charge >= 0.3 is 6.03 Å². The Kier molecular flexibility index (Phi) is 2.41. The highest BCUT2D eigenvalue weighted by Crippen LogP contribution is 2.29. The highest BCUT2D eigenvalue weighted by atomic mass is 16.2. The molecule has 2 heterocycles. The fourth-order valence-corrected chi connectivity index (χ4v) is 1.86. The molecule has 2 N–H and O–H groups in total. The number of carbonyl (C=O) groups excluding carboxylic acids is 2. The molecule has 0 bridgehead atoms. The number of primary amides is 1. The van der Waals surface area contributed by atoms with Crippen LogP contribution in [0.3, 0.4) is 0 Å². The van der Waals surface area contributed by atoms with Crippen LogP contribution < -0.4 is 5.73 Å². The number of carbonyl (C=O) groups is 2. The van der Waals surface area contributed by atoms with Crippen molar-refractivity contribution in [1.82, 2.24) is 14.5 Å². The van der Waals surface area contributed by atoms with Gasteiger partial charge in [-0.25, -0.2) is 9.78 Å². The van der Waals surface area contributed by atoms with Crippen LogP contribution in [0.4, 0.5) is 4.79 Å². The Bertz CT molecular complexity index is 414. The van der Waals surface area contributed by atoms with Crippen molar-refractivity contribution in [3.63, 3.8) is 0 Å². The number of aromatic nitrogens is 2. The quantitative estimate of drug-likeness (QED) is 0.728. The summed E-state index contributed by atoms with van der Waals surface area (Å²) in [6.45, 7) is 2.71. The smallest absolute Gasteiger partial charge is 0.329 e. The molecule has 0 aliphatic carbocycles. The number of rotatable bonds is 1. The maximum Gasteiger partial charge on any atom is 0.329 e. The summed E-state index contributed by atoms with van der Waals surface area (Å²) in [6, 6.07) is -0.164. The Balaban J connectivity index is 2.10.